The molecule has 1 aromatic rings. The van der Waals surface area contributed by atoms with E-state index in [0.29, 0.717) is 6.54 Å². The van der Waals surface area contributed by atoms with E-state index in [2.05, 4.69) is 27.3 Å². The van der Waals surface area contributed by atoms with Crippen LogP contribution in [0.15, 0.2) is 22.7 Å². The van der Waals surface area contributed by atoms with Gasteiger partial charge < -0.3 is 5.32 Å². The Morgan fingerprint density at radius 2 is 2.18 bits per heavy atom. The lowest BCUT2D eigenvalue weighted by Crippen LogP contribution is -2.21. The first-order valence-corrected chi connectivity index (χ1v) is 6.30. The first-order chi connectivity index (χ1) is 7.94. The van der Waals surface area contributed by atoms with Crippen molar-refractivity contribution < 1.29 is 4.39 Å². The van der Waals surface area contributed by atoms with Gasteiger partial charge in [-0.3, -0.25) is 0 Å². The molecule has 0 aliphatic carbocycles. The van der Waals surface area contributed by atoms with Gasteiger partial charge in [-0.15, -0.1) is 0 Å². The van der Waals surface area contributed by atoms with Crippen LogP contribution in [0.1, 0.15) is 25.8 Å². The van der Waals surface area contributed by atoms with E-state index in [1.165, 1.54) is 12.1 Å². The largest absolute Gasteiger partial charge is 0.313 e. The number of rotatable bonds is 5. The summed E-state index contributed by atoms with van der Waals surface area (Å²) in [6.45, 7) is 5.16. The van der Waals surface area contributed by atoms with E-state index in [4.69, 9.17) is 5.26 Å². The van der Waals surface area contributed by atoms with Gasteiger partial charge in [-0.05, 0) is 50.6 Å². The van der Waals surface area contributed by atoms with Crippen molar-refractivity contribution in [2.75, 3.05) is 6.54 Å². The van der Waals surface area contributed by atoms with E-state index in [1.807, 2.05) is 13.8 Å². The molecule has 1 rings (SSSR count). The molecule has 2 nitrogen and oxygen atoms in total. The van der Waals surface area contributed by atoms with Crippen molar-refractivity contribution in [1.82, 2.24) is 5.32 Å². The number of nitrogens with zero attached hydrogens (tertiary/aromatic N) is 1. The summed E-state index contributed by atoms with van der Waals surface area (Å²) in [5, 5.41) is 12.1. The van der Waals surface area contributed by atoms with Gasteiger partial charge in [0.25, 0.3) is 0 Å². The molecule has 0 saturated heterocycles. The zero-order chi connectivity index (χ0) is 12.9. The molecule has 0 aromatic heterocycles. The highest BCUT2D eigenvalue weighted by molar-refractivity contribution is 9.10. The highest BCUT2D eigenvalue weighted by Crippen LogP contribution is 2.19. The SMILES string of the molecule is CC(C)(C#N)CCNCc1cc(F)ccc1Br. The number of nitrogens with one attached hydrogen (secondary N) is 1. The smallest absolute Gasteiger partial charge is 0.123 e. The fourth-order valence-electron chi connectivity index (χ4n) is 1.36. The highest BCUT2D eigenvalue weighted by Gasteiger charge is 2.15. The standard InChI is InChI=1S/C13H16BrFN2/c1-13(2,9-16)5-6-17-8-10-7-11(15)3-4-12(10)14/h3-4,7,17H,5-6,8H2,1-2H3. The maximum Gasteiger partial charge on any atom is 0.123 e. The van der Waals surface area contributed by atoms with E-state index in [0.717, 1.165) is 23.0 Å². The van der Waals surface area contributed by atoms with Crippen LogP contribution in [-0.2, 0) is 6.54 Å². The molecule has 0 bridgehead atoms. The van der Waals surface area contributed by atoms with Crippen LogP contribution in [-0.4, -0.2) is 6.54 Å². The fourth-order valence-corrected chi connectivity index (χ4v) is 1.75. The zero-order valence-electron chi connectivity index (χ0n) is 10.1. The van der Waals surface area contributed by atoms with E-state index in [1.54, 1.807) is 6.07 Å². The predicted octanol–water partition coefficient (Wildman–Crippen LogP) is 3.62. The molecule has 4 heteroatoms. The minimum Gasteiger partial charge on any atom is -0.313 e. The average molecular weight is 299 g/mol. The molecule has 1 N–H and O–H groups in total. The summed E-state index contributed by atoms with van der Waals surface area (Å²) in [6, 6.07) is 6.88. The van der Waals surface area contributed by atoms with Gasteiger partial charge in [0.1, 0.15) is 5.82 Å². The summed E-state index contributed by atoms with van der Waals surface area (Å²) < 4.78 is 13.9. The van der Waals surface area contributed by atoms with Gasteiger partial charge in [0.2, 0.25) is 0 Å². The third kappa shape index (κ3) is 4.84. The van der Waals surface area contributed by atoms with Crippen molar-refractivity contribution in [2.24, 2.45) is 5.41 Å². The average Bonchev–Trinajstić information content (AvgIpc) is 2.29. The van der Waals surface area contributed by atoms with Crippen molar-refractivity contribution in [3.63, 3.8) is 0 Å². The van der Waals surface area contributed by atoms with Crippen LogP contribution in [0.2, 0.25) is 0 Å². The second kappa shape index (κ2) is 6.13. The zero-order valence-corrected chi connectivity index (χ0v) is 11.6. The summed E-state index contributed by atoms with van der Waals surface area (Å²) >= 11 is 3.38. The topological polar surface area (TPSA) is 35.8 Å². The minimum atomic E-state index is -0.313. The molecule has 0 heterocycles. The van der Waals surface area contributed by atoms with Crippen molar-refractivity contribution >= 4 is 15.9 Å². The summed E-state index contributed by atoms with van der Waals surface area (Å²) in [5.41, 5.74) is 0.575. The molecule has 0 aliphatic rings. The molecular formula is C13H16BrFN2. The highest BCUT2D eigenvalue weighted by atomic mass is 79.9. The maximum absolute atomic E-state index is 13.0. The Hall–Kier alpha value is -0.920. The van der Waals surface area contributed by atoms with Gasteiger partial charge >= 0.3 is 0 Å². The molecule has 0 amide bonds. The Morgan fingerprint density at radius 3 is 2.82 bits per heavy atom. The molecule has 0 aliphatic heterocycles. The monoisotopic (exact) mass is 298 g/mol. The van der Waals surface area contributed by atoms with Crippen molar-refractivity contribution in [3.05, 3.63) is 34.1 Å². The van der Waals surface area contributed by atoms with Crippen molar-refractivity contribution in [2.45, 2.75) is 26.8 Å². The van der Waals surface area contributed by atoms with Crippen LogP contribution in [0.3, 0.4) is 0 Å². The van der Waals surface area contributed by atoms with E-state index in [9.17, 15) is 4.39 Å². The van der Waals surface area contributed by atoms with Gasteiger partial charge in [0.15, 0.2) is 0 Å². The van der Waals surface area contributed by atoms with Crippen LogP contribution in [0.4, 0.5) is 4.39 Å². The van der Waals surface area contributed by atoms with Gasteiger partial charge in [-0.1, -0.05) is 15.9 Å². The van der Waals surface area contributed by atoms with Gasteiger partial charge in [0.05, 0.1) is 11.5 Å². The number of hydrogen-bond acceptors (Lipinski definition) is 2. The molecule has 0 radical (unpaired) electrons. The van der Waals surface area contributed by atoms with Crippen LogP contribution < -0.4 is 5.32 Å². The summed E-state index contributed by atoms with van der Waals surface area (Å²) in [4.78, 5) is 0. The van der Waals surface area contributed by atoms with Gasteiger partial charge in [-0.25, -0.2) is 4.39 Å². The molecule has 1 aromatic carbocycles. The number of hydrogen-bond donors (Lipinski definition) is 1. The maximum atomic E-state index is 13.0. The first kappa shape index (κ1) is 14.1. The van der Waals surface area contributed by atoms with E-state index >= 15 is 0 Å². The van der Waals surface area contributed by atoms with Crippen molar-refractivity contribution in [1.29, 1.82) is 5.26 Å². The quantitative estimate of drug-likeness (QED) is 0.843. The minimum absolute atomic E-state index is 0.234. The summed E-state index contributed by atoms with van der Waals surface area (Å²) in [5.74, 6) is -0.234. The normalized spacial score (nSPS) is 11.2. The Labute approximate surface area is 110 Å². The Bertz CT molecular complexity index is 424. The molecular weight excluding hydrogens is 283 g/mol. The van der Waals surface area contributed by atoms with Gasteiger partial charge in [-0.2, -0.15) is 5.26 Å². The second-order valence-corrected chi connectivity index (χ2v) is 5.51. The Balaban J connectivity index is 2.42. The van der Waals surface area contributed by atoms with E-state index < -0.39 is 0 Å². The summed E-state index contributed by atoms with van der Waals surface area (Å²) in [6.07, 6.45) is 0.774. The Kier molecular flexibility index (Phi) is 5.10. The number of benzene rings is 1. The van der Waals surface area contributed by atoms with Crippen LogP contribution in [0, 0.1) is 22.6 Å². The number of halogens is 2. The molecule has 0 unspecified atom stereocenters. The lowest BCUT2D eigenvalue weighted by atomic mass is 9.91. The molecule has 0 atom stereocenters. The van der Waals surface area contributed by atoms with Crippen LogP contribution in [0.25, 0.3) is 0 Å². The molecule has 92 valence electrons. The van der Waals surface area contributed by atoms with E-state index in [-0.39, 0.29) is 11.2 Å². The summed E-state index contributed by atoms with van der Waals surface area (Å²) in [7, 11) is 0. The molecule has 0 spiro atoms. The molecule has 0 fully saturated rings. The lowest BCUT2D eigenvalue weighted by molar-refractivity contribution is 0.432. The Morgan fingerprint density at radius 1 is 1.47 bits per heavy atom. The third-order valence-corrected chi connectivity index (χ3v) is 3.33. The van der Waals surface area contributed by atoms with Crippen molar-refractivity contribution in [3.8, 4) is 6.07 Å². The third-order valence-electron chi connectivity index (χ3n) is 2.55. The fraction of sp³-hybridized carbons (Fsp3) is 0.462. The van der Waals surface area contributed by atoms with Crippen LogP contribution in [0.5, 0.6) is 0 Å². The first-order valence-electron chi connectivity index (χ1n) is 5.50. The van der Waals surface area contributed by atoms with Crippen LogP contribution >= 0.6 is 15.9 Å². The van der Waals surface area contributed by atoms with Gasteiger partial charge in [0, 0.05) is 11.0 Å². The molecule has 0 saturated carbocycles. The second-order valence-electron chi connectivity index (χ2n) is 4.66. The lowest BCUT2D eigenvalue weighted by Gasteiger charge is -2.15. The predicted molar refractivity (Wildman–Crippen MR) is 69.8 cm³/mol. The number of nitriles is 1. The molecule has 17 heavy (non-hydrogen) atoms.